The van der Waals surface area contributed by atoms with Gasteiger partial charge in [-0.15, -0.1) is 11.3 Å². The van der Waals surface area contributed by atoms with E-state index in [2.05, 4.69) is 39.3 Å². The maximum absolute atomic E-state index is 13.2. The molecule has 1 saturated heterocycles. The van der Waals surface area contributed by atoms with Gasteiger partial charge in [0.2, 0.25) is 0 Å². The van der Waals surface area contributed by atoms with Gasteiger partial charge >= 0.3 is 0 Å². The zero-order valence-corrected chi connectivity index (χ0v) is 21.5. The van der Waals surface area contributed by atoms with Crippen LogP contribution in [0.1, 0.15) is 66.7 Å². The van der Waals surface area contributed by atoms with Gasteiger partial charge in [0.15, 0.2) is 0 Å². The van der Waals surface area contributed by atoms with Crippen molar-refractivity contribution in [2.45, 2.75) is 71.4 Å². The monoisotopic (exact) mass is 490 g/mol. The van der Waals surface area contributed by atoms with Crippen molar-refractivity contribution in [2.75, 3.05) is 13.2 Å². The van der Waals surface area contributed by atoms with E-state index in [1.807, 2.05) is 25.3 Å². The van der Waals surface area contributed by atoms with Gasteiger partial charge in [-0.1, -0.05) is 11.6 Å². The molecule has 5 rings (SSSR count). The van der Waals surface area contributed by atoms with Crippen molar-refractivity contribution < 1.29 is 9.53 Å². The molecule has 1 atom stereocenters. The lowest BCUT2D eigenvalue weighted by molar-refractivity contribution is 0.0857. The lowest BCUT2D eigenvalue weighted by Gasteiger charge is -2.16. The Kier molecular flexibility index (Phi) is 7.44. The summed E-state index contributed by atoms with van der Waals surface area (Å²) < 4.78 is 7.97. The molecule has 4 heterocycles. The molecular formula is C28H34N4O2S. The van der Waals surface area contributed by atoms with Crippen LogP contribution < -0.4 is 5.32 Å². The first-order valence-corrected chi connectivity index (χ1v) is 13.6. The molecule has 184 valence electrons. The van der Waals surface area contributed by atoms with Crippen LogP contribution in [0.5, 0.6) is 0 Å². The fraction of sp³-hybridized carbons (Fsp3) is 0.464. The van der Waals surface area contributed by atoms with E-state index < -0.39 is 0 Å². The number of amides is 1. The Balaban J connectivity index is 1.42. The highest BCUT2D eigenvalue weighted by molar-refractivity contribution is 7.13. The summed E-state index contributed by atoms with van der Waals surface area (Å²) in [7, 11) is 0. The number of carbonyl (C=O) groups is 1. The third-order valence-corrected chi connectivity index (χ3v) is 7.98. The maximum Gasteiger partial charge on any atom is 0.253 e. The molecule has 1 amide bonds. The van der Waals surface area contributed by atoms with E-state index in [0.717, 1.165) is 71.3 Å². The topological polar surface area (TPSA) is 69.0 Å². The molecule has 0 spiro atoms. The van der Waals surface area contributed by atoms with Crippen LogP contribution in [-0.2, 0) is 11.3 Å². The molecule has 0 bridgehead atoms. The van der Waals surface area contributed by atoms with Crippen molar-refractivity contribution in [1.29, 1.82) is 0 Å². The second kappa shape index (κ2) is 10.9. The number of nitrogens with one attached hydrogen (secondary N) is 1. The number of nitrogens with zero attached hydrogens (tertiary/aromatic N) is 3. The minimum atomic E-state index is -0.0342. The lowest BCUT2D eigenvalue weighted by atomic mass is 9.97. The molecule has 0 radical (unpaired) electrons. The second-order valence-electron chi connectivity index (χ2n) is 9.61. The quantitative estimate of drug-likeness (QED) is 0.388. The molecule has 2 aliphatic rings. The van der Waals surface area contributed by atoms with Crippen molar-refractivity contribution in [3.63, 3.8) is 0 Å². The Bertz CT molecular complexity index is 1200. The molecule has 3 aromatic rings. The molecular weight excluding hydrogens is 456 g/mol. The lowest BCUT2D eigenvalue weighted by Crippen LogP contribution is -2.32. The highest BCUT2D eigenvalue weighted by atomic mass is 32.1. The number of ether oxygens (including phenoxy) is 1. The van der Waals surface area contributed by atoms with Crippen molar-refractivity contribution >= 4 is 17.2 Å². The van der Waals surface area contributed by atoms with Crippen molar-refractivity contribution in [3.8, 4) is 22.0 Å². The minimum absolute atomic E-state index is 0.0342. The molecule has 3 aromatic heterocycles. The van der Waals surface area contributed by atoms with Crippen LogP contribution in [-0.4, -0.2) is 39.7 Å². The average molecular weight is 491 g/mol. The van der Waals surface area contributed by atoms with Gasteiger partial charge in [-0.25, -0.2) is 4.98 Å². The van der Waals surface area contributed by atoms with Crippen LogP contribution in [0.15, 0.2) is 41.4 Å². The zero-order chi connectivity index (χ0) is 24.2. The van der Waals surface area contributed by atoms with Gasteiger partial charge in [0.05, 0.1) is 23.1 Å². The van der Waals surface area contributed by atoms with Crippen LogP contribution in [0, 0.1) is 13.8 Å². The molecule has 7 heteroatoms. The summed E-state index contributed by atoms with van der Waals surface area (Å²) in [5.41, 5.74) is 7.17. The standard InChI is InChI=1S/C28H34N4O2S/c1-19-10-11-22(16-29-19)28-31-25(18-35-28)26-15-24(27(33)30-17-23-9-6-14-34-23)20(2)32(26)13-12-21-7-4-3-5-8-21/h7,10-11,15-16,18,23H,3-6,8-9,12-14,17H2,1-2H3,(H,30,33). The van der Waals surface area contributed by atoms with Crippen LogP contribution >= 0.6 is 11.3 Å². The van der Waals surface area contributed by atoms with Crippen molar-refractivity contribution in [1.82, 2.24) is 19.9 Å². The number of rotatable bonds is 8. The van der Waals surface area contributed by atoms with E-state index >= 15 is 0 Å². The summed E-state index contributed by atoms with van der Waals surface area (Å²) in [4.78, 5) is 22.5. The van der Waals surface area contributed by atoms with Gasteiger partial charge in [0.1, 0.15) is 5.01 Å². The van der Waals surface area contributed by atoms with E-state index in [9.17, 15) is 4.79 Å². The highest BCUT2D eigenvalue weighted by Gasteiger charge is 2.22. The van der Waals surface area contributed by atoms with Gasteiger partial charge in [-0.2, -0.15) is 0 Å². The fourth-order valence-corrected chi connectivity index (χ4v) is 5.79. The van der Waals surface area contributed by atoms with Crippen LogP contribution in [0.25, 0.3) is 22.0 Å². The summed E-state index contributed by atoms with van der Waals surface area (Å²) in [6.07, 6.45) is 12.4. The van der Waals surface area contributed by atoms with E-state index in [0.29, 0.717) is 6.54 Å². The summed E-state index contributed by atoms with van der Waals surface area (Å²) in [5, 5.41) is 6.13. The molecule has 1 N–H and O–H groups in total. The molecule has 1 aliphatic heterocycles. The first-order chi connectivity index (χ1) is 17.1. The van der Waals surface area contributed by atoms with Crippen LogP contribution in [0.2, 0.25) is 0 Å². The number of aromatic nitrogens is 3. The van der Waals surface area contributed by atoms with Crippen LogP contribution in [0.3, 0.4) is 0 Å². The smallest absolute Gasteiger partial charge is 0.253 e. The van der Waals surface area contributed by atoms with Gasteiger partial charge in [0.25, 0.3) is 5.91 Å². The summed E-state index contributed by atoms with van der Waals surface area (Å²) >= 11 is 1.62. The first-order valence-electron chi connectivity index (χ1n) is 12.8. The third kappa shape index (κ3) is 5.57. The second-order valence-corrected chi connectivity index (χ2v) is 10.5. The Morgan fingerprint density at radius 1 is 1.26 bits per heavy atom. The normalized spacial score (nSPS) is 18.0. The van der Waals surface area contributed by atoms with Gasteiger partial charge < -0.3 is 14.6 Å². The molecule has 0 aromatic carbocycles. The summed E-state index contributed by atoms with van der Waals surface area (Å²) in [6.45, 7) is 6.24. The summed E-state index contributed by atoms with van der Waals surface area (Å²) in [5.74, 6) is -0.0342. The zero-order valence-electron chi connectivity index (χ0n) is 20.7. The number of hydrogen-bond acceptors (Lipinski definition) is 5. The predicted molar refractivity (Wildman–Crippen MR) is 141 cm³/mol. The third-order valence-electron chi connectivity index (χ3n) is 7.09. The Morgan fingerprint density at radius 3 is 2.91 bits per heavy atom. The van der Waals surface area contributed by atoms with Crippen molar-refractivity contribution in [3.05, 3.63) is 58.4 Å². The number of aryl methyl sites for hydroxylation is 1. The Hall–Kier alpha value is -2.77. The minimum Gasteiger partial charge on any atom is -0.376 e. The van der Waals surface area contributed by atoms with E-state index in [-0.39, 0.29) is 12.0 Å². The van der Waals surface area contributed by atoms with E-state index in [1.54, 1.807) is 11.3 Å². The Morgan fingerprint density at radius 2 is 2.17 bits per heavy atom. The number of pyridine rings is 1. The molecule has 35 heavy (non-hydrogen) atoms. The van der Waals surface area contributed by atoms with Gasteiger partial charge in [-0.3, -0.25) is 9.78 Å². The fourth-order valence-electron chi connectivity index (χ4n) is 4.99. The number of allylic oxidation sites excluding steroid dienone is 2. The van der Waals surface area contributed by atoms with Gasteiger partial charge in [-0.05, 0) is 77.0 Å². The molecule has 1 aliphatic carbocycles. The van der Waals surface area contributed by atoms with Gasteiger partial charge in [0, 0.05) is 48.2 Å². The molecule has 1 unspecified atom stereocenters. The van der Waals surface area contributed by atoms with Crippen LogP contribution in [0.4, 0.5) is 0 Å². The molecule has 6 nitrogen and oxygen atoms in total. The SMILES string of the molecule is Cc1ccc(-c2nc(-c3cc(C(=O)NCC4CCCO4)c(C)n3CCC3=CCCCC3)cs2)cn1. The number of thiazole rings is 1. The predicted octanol–water partition coefficient (Wildman–Crippen LogP) is 6.09. The molecule has 0 saturated carbocycles. The van der Waals surface area contributed by atoms with E-state index in [4.69, 9.17) is 9.72 Å². The number of carbonyl (C=O) groups excluding carboxylic acids is 1. The van der Waals surface area contributed by atoms with E-state index in [1.165, 1.54) is 31.3 Å². The Labute approximate surface area is 211 Å². The molecule has 1 fully saturated rings. The largest absolute Gasteiger partial charge is 0.376 e. The van der Waals surface area contributed by atoms with Crippen molar-refractivity contribution in [2.24, 2.45) is 0 Å². The first kappa shape index (κ1) is 23.9. The number of hydrogen-bond donors (Lipinski definition) is 1. The average Bonchev–Trinajstić information content (AvgIpc) is 3.63. The maximum atomic E-state index is 13.2. The summed E-state index contributed by atoms with van der Waals surface area (Å²) in [6, 6.07) is 6.09. The highest BCUT2D eigenvalue weighted by Crippen LogP contribution is 2.32.